The van der Waals surface area contributed by atoms with Gasteiger partial charge in [-0.2, -0.15) is 13.2 Å². The SMILES string of the molecule is CN=C(NCc1ccc(F)cc1C(F)(F)F)NCC(C)(C)N(C)C. The van der Waals surface area contributed by atoms with Crippen LogP contribution < -0.4 is 10.6 Å². The third kappa shape index (κ3) is 5.67. The van der Waals surface area contributed by atoms with E-state index in [-0.39, 0.29) is 17.6 Å². The Labute approximate surface area is 139 Å². The molecule has 0 fully saturated rings. The summed E-state index contributed by atoms with van der Waals surface area (Å²) in [7, 11) is 5.41. The van der Waals surface area contributed by atoms with Gasteiger partial charge in [-0.3, -0.25) is 4.99 Å². The van der Waals surface area contributed by atoms with E-state index in [2.05, 4.69) is 15.6 Å². The second-order valence-corrected chi connectivity index (χ2v) is 6.29. The lowest BCUT2D eigenvalue weighted by atomic mass is 10.0. The Morgan fingerprint density at radius 1 is 1.17 bits per heavy atom. The van der Waals surface area contributed by atoms with Gasteiger partial charge in [0, 0.05) is 25.7 Å². The van der Waals surface area contributed by atoms with Crippen molar-refractivity contribution in [2.24, 2.45) is 4.99 Å². The number of rotatable bonds is 5. The first-order valence-electron chi connectivity index (χ1n) is 7.45. The van der Waals surface area contributed by atoms with Gasteiger partial charge in [-0.15, -0.1) is 0 Å². The van der Waals surface area contributed by atoms with Crippen molar-refractivity contribution in [1.82, 2.24) is 15.5 Å². The van der Waals surface area contributed by atoms with E-state index in [0.29, 0.717) is 18.6 Å². The van der Waals surface area contributed by atoms with Crippen LogP contribution in [0.2, 0.25) is 0 Å². The summed E-state index contributed by atoms with van der Waals surface area (Å²) >= 11 is 0. The van der Waals surface area contributed by atoms with E-state index < -0.39 is 17.6 Å². The van der Waals surface area contributed by atoms with Crippen LogP contribution in [0, 0.1) is 5.82 Å². The Kier molecular flexibility index (Phi) is 6.59. The fourth-order valence-electron chi connectivity index (χ4n) is 1.82. The maximum absolute atomic E-state index is 13.1. The van der Waals surface area contributed by atoms with Gasteiger partial charge in [-0.05, 0) is 45.6 Å². The minimum Gasteiger partial charge on any atom is -0.355 e. The van der Waals surface area contributed by atoms with Crippen LogP contribution in [0.5, 0.6) is 0 Å². The smallest absolute Gasteiger partial charge is 0.355 e. The molecule has 1 rings (SSSR count). The number of guanidine groups is 1. The molecule has 0 saturated heterocycles. The summed E-state index contributed by atoms with van der Waals surface area (Å²) in [6.45, 7) is 4.48. The third-order valence-electron chi connectivity index (χ3n) is 3.95. The van der Waals surface area contributed by atoms with E-state index in [0.717, 1.165) is 12.1 Å². The maximum atomic E-state index is 13.1. The highest BCUT2D eigenvalue weighted by atomic mass is 19.4. The first-order chi connectivity index (χ1) is 11.0. The molecule has 0 saturated carbocycles. The molecule has 0 spiro atoms. The van der Waals surface area contributed by atoms with Crippen LogP contribution in [0.25, 0.3) is 0 Å². The maximum Gasteiger partial charge on any atom is 0.416 e. The molecule has 0 atom stereocenters. The Morgan fingerprint density at radius 2 is 1.79 bits per heavy atom. The normalized spacial score (nSPS) is 13.3. The number of likely N-dealkylation sites (N-methyl/N-ethyl adjacent to an activating group) is 1. The van der Waals surface area contributed by atoms with Gasteiger partial charge in [0.05, 0.1) is 5.56 Å². The predicted molar refractivity (Wildman–Crippen MR) is 87.4 cm³/mol. The van der Waals surface area contributed by atoms with Crippen LogP contribution in [-0.2, 0) is 12.7 Å². The van der Waals surface area contributed by atoms with Crippen molar-refractivity contribution in [2.45, 2.75) is 32.1 Å². The van der Waals surface area contributed by atoms with Gasteiger partial charge >= 0.3 is 6.18 Å². The van der Waals surface area contributed by atoms with Crippen molar-refractivity contribution in [2.75, 3.05) is 27.7 Å². The largest absolute Gasteiger partial charge is 0.416 e. The summed E-state index contributed by atoms with van der Waals surface area (Å²) in [5.74, 6) is -0.538. The highest BCUT2D eigenvalue weighted by molar-refractivity contribution is 5.79. The molecule has 0 aliphatic heterocycles. The molecular formula is C16H24F4N4. The number of hydrogen-bond acceptors (Lipinski definition) is 2. The molecule has 0 aromatic heterocycles. The lowest BCUT2D eigenvalue weighted by molar-refractivity contribution is -0.138. The second-order valence-electron chi connectivity index (χ2n) is 6.29. The van der Waals surface area contributed by atoms with Gasteiger partial charge in [0.15, 0.2) is 5.96 Å². The second kappa shape index (κ2) is 7.83. The van der Waals surface area contributed by atoms with Crippen LogP contribution in [0.4, 0.5) is 17.6 Å². The number of hydrogen-bond donors (Lipinski definition) is 2. The lowest BCUT2D eigenvalue weighted by Crippen LogP contribution is -2.50. The molecule has 0 aliphatic carbocycles. The summed E-state index contributed by atoms with van der Waals surface area (Å²) in [5.41, 5.74) is -1.19. The van der Waals surface area contributed by atoms with E-state index in [1.54, 1.807) is 0 Å². The minimum absolute atomic E-state index is 0.0429. The third-order valence-corrected chi connectivity index (χ3v) is 3.95. The highest BCUT2D eigenvalue weighted by Gasteiger charge is 2.33. The Bertz CT molecular complexity index is 580. The fraction of sp³-hybridized carbons (Fsp3) is 0.562. The summed E-state index contributed by atoms with van der Waals surface area (Å²) < 4.78 is 52.1. The Hall–Kier alpha value is -1.83. The summed E-state index contributed by atoms with van der Waals surface area (Å²) in [4.78, 5) is 6.02. The first-order valence-corrected chi connectivity index (χ1v) is 7.45. The molecule has 136 valence electrons. The van der Waals surface area contributed by atoms with Gasteiger partial charge in [0.1, 0.15) is 5.82 Å². The highest BCUT2D eigenvalue weighted by Crippen LogP contribution is 2.32. The molecule has 1 aromatic rings. The van der Waals surface area contributed by atoms with E-state index in [9.17, 15) is 17.6 Å². The van der Waals surface area contributed by atoms with Crippen LogP contribution in [-0.4, -0.2) is 44.1 Å². The van der Waals surface area contributed by atoms with Crippen molar-refractivity contribution >= 4 is 5.96 Å². The van der Waals surface area contributed by atoms with Gasteiger partial charge < -0.3 is 15.5 Å². The molecule has 24 heavy (non-hydrogen) atoms. The average Bonchev–Trinajstić information content (AvgIpc) is 2.47. The summed E-state index contributed by atoms with van der Waals surface area (Å²) in [6.07, 6.45) is -4.61. The van der Waals surface area contributed by atoms with Crippen LogP contribution in [0.15, 0.2) is 23.2 Å². The van der Waals surface area contributed by atoms with E-state index in [1.807, 2.05) is 32.8 Å². The molecule has 2 N–H and O–H groups in total. The Morgan fingerprint density at radius 3 is 2.29 bits per heavy atom. The van der Waals surface area contributed by atoms with E-state index >= 15 is 0 Å². The molecule has 0 amide bonds. The number of nitrogens with zero attached hydrogens (tertiary/aromatic N) is 2. The molecule has 0 unspecified atom stereocenters. The van der Waals surface area contributed by atoms with Crippen molar-refractivity contribution in [1.29, 1.82) is 0 Å². The standard InChI is InChI=1S/C16H24F4N4/c1-15(2,24(4)5)10-23-14(21-3)22-9-11-6-7-12(17)8-13(11)16(18,19)20/h6-8H,9-10H2,1-5H3,(H2,21,22,23). The number of halogens is 4. The van der Waals surface area contributed by atoms with E-state index in [1.165, 1.54) is 7.05 Å². The number of alkyl halides is 3. The Balaban J connectivity index is 2.78. The van der Waals surface area contributed by atoms with E-state index in [4.69, 9.17) is 0 Å². The molecule has 0 aliphatic rings. The van der Waals surface area contributed by atoms with Crippen molar-refractivity contribution in [3.05, 3.63) is 35.1 Å². The topological polar surface area (TPSA) is 39.7 Å². The first kappa shape index (κ1) is 20.2. The summed E-state index contributed by atoms with van der Waals surface area (Å²) in [6, 6.07) is 2.64. The monoisotopic (exact) mass is 348 g/mol. The van der Waals surface area contributed by atoms with Crippen LogP contribution >= 0.6 is 0 Å². The average molecular weight is 348 g/mol. The molecule has 0 bridgehead atoms. The van der Waals surface area contributed by atoms with Crippen LogP contribution in [0.3, 0.4) is 0 Å². The van der Waals surface area contributed by atoms with Crippen molar-refractivity contribution in [3.8, 4) is 0 Å². The zero-order valence-corrected chi connectivity index (χ0v) is 14.6. The molecule has 8 heteroatoms. The van der Waals surface area contributed by atoms with Gasteiger partial charge in [-0.1, -0.05) is 6.07 Å². The van der Waals surface area contributed by atoms with Gasteiger partial charge in [0.25, 0.3) is 0 Å². The molecule has 0 heterocycles. The molecule has 0 radical (unpaired) electrons. The number of aliphatic imine (C=N–C) groups is 1. The molecule has 1 aromatic carbocycles. The zero-order chi connectivity index (χ0) is 18.5. The van der Waals surface area contributed by atoms with Gasteiger partial charge in [0.2, 0.25) is 0 Å². The number of nitrogens with one attached hydrogen (secondary N) is 2. The van der Waals surface area contributed by atoms with Crippen LogP contribution in [0.1, 0.15) is 25.0 Å². The molecule has 4 nitrogen and oxygen atoms in total. The van der Waals surface area contributed by atoms with Crippen molar-refractivity contribution < 1.29 is 17.6 Å². The summed E-state index contributed by atoms with van der Waals surface area (Å²) in [5, 5.41) is 5.90. The lowest BCUT2D eigenvalue weighted by Gasteiger charge is -2.33. The predicted octanol–water partition coefficient (Wildman–Crippen LogP) is 2.85. The zero-order valence-electron chi connectivity index (χ0n) is 14.6. The van der Waals surface area contributed by atoms with Crippen molar-refractivity contribution in [3.63, 3.8) is 0 Å². The molecular weight excluding hydrogens is 324 g/mol. The van der Waals surface area contributed by atoms with Gasteiger partial charge in [-0.25, -0.2) is 4.39 Å². The fourth-order valence-corrected chi connectivity index (χ4v) is 1.82. The number of benzene rings is 1. The minimum atomic E-state index is -4.61. The quantitative estimate of drug-likeness (QED) is 0.488.